The normalized spacial score (nSPS) is 23.1. The van der Waals surface area contributed by atoms with Gasteiger partial charge >= 0.3 is 7.12 Å². The van der Waals surface area contributed by atoms with E-state index in [-0.39, 0.29) is 18.3 Å². The zero-order valence-corrected chi connectivity index (χ0v) is 11.7. The van der Waals surface area contributed by atoms with Crippen molar-refractivity contribution in [2.75, 3.05) is 0 Å². The lowest BCUT2D eigenvalue weighted by Gasteiger charge is -2.32. The van der Waals surface area contributed by atoms with Crippen molar-refractivity contribution < 1.29 is 14.4 Å². The fourth-order valence-electron chi connectivity index (χ4n) is 1.91. The van der Waals surface area contributed by atoms with Gasteiger partial charge in [-0.15, -0.1) is 0 Å². The highest BCUT2D eigenvalue weighted by molar-refractivity contribution is 6.62. The van der Waals surface area contributed by atoms with E-state index in [1.165, 1.54) is 0 Å². The summed E-state index contributed by atoms with van der Waals surface area (Å²) in [5, 5.41) is 9.48. The summed E-state index contributed by atoms with van der Waals surface area (Å²) in [5.74, 6) is 0. The Morgan fingerprint density at radius 1 is 1.00 bits per heavy atom. The van der Waals surface area contributed by atoms with Gasteiger partial charge in [0.1, 0.15) is 0 Å². The van der Waals surface area contributed by atoms with Crippen molar-refractivity contribution in [3.8, 4) is 0 Å². The third kappa shape index (κ3) is 2.33. The Labute approximate surface area is 109 Å². The quantitative estimate of drug-likeness (QED) is 0.814. The summed E-state index contributed by atoms with van der Waals surface area (Å²) >= 11 is 0. The van der Waals surface area contributed by atoms with Crippen LogP contribution < -0.4 is 5.46 Å². The molecule has 0 bridgehead atoms. The zero-order valence-electron chi connectivity index (χ0n) is 11.7. The minimum Gasteiger partial charge on any atom is -0.399 e. The first-order valence-corrected chi connectivity index (χ1v) is 6.36. The summed E-state index contributed by atoms with van der Waals surface area (Å²) in [5.41, 5.74) is 1.25. The molecule has 0 aliphatic carbocycles. The van der Waals surface area contributed by atoms with Crippen LogP contribution in [0.5, 0.6) is 0 Å². The Balaban J connectivity index is 2.19. The fraction of sp³-hybridized carbons (Fsp3) is 0.571. The summed E-state index contributed by atoms with van der Waals surface area (Å²) in [6, 6.07) is 7.71. The van der Waals surface area contributed by atoms with Crippen LogP contribution in [0.15, 0.2) is 24.3 Å². The molecule has 1 atom stereocenters. The van der Waals surface area contributed by atoms with E-state index in [0.717, 1.165) is 11.0 Å². The molecule has 1 heterocycles. The largest absolute Gasteiger partial charge is 0.494 e. The predicted octanol–water partition coefficient (Wildman–Crippen LogP) is 2.04. The van der Waals surface area contributed by atoms with E-state index < -0.39 is 6.10 Å². The number of rotatable bonds is 2. The molecular formula is C14H21BO3. The SMILES string of the molecule is C[C@@H](O)c1ccc(B2OC(C)(C)C(C)(C)O2)cc1. The molecule has 18 heavy (non-hydrogen) atoms. The van der Waals surface area contributed by atoms with Gasteiger partial charge in [0.15, 0.2) is 0 Å². The molecule has 1 N–H and O–H groups in total. The van der Waals surface area contributed by atoms with Crippen LogP contribution in [0.2, 0.25) is 0 Å². The van der Waals surface area contributed by atoms with Gasteiger partial charge in [0.25, 0.3) is 0 Å². The molecule has 1 aliphatic rings. The molecule has 0 unspecified atom stereocenters. The molecule has 98 valence electrons. The van der Waals surface area contributed by atoms with Crippen molar-refractivity contribution in [2.24, 2.45) is 0 Å². The first-order chi connectivity index (χ1) is 8.23. The van der Waals surface area contributed by atoms with Gasteiger partial charge in [-0.05, 0) is 45.6 Å². The van der Waals surface area contributed by atoms with Gasteiger partial charge in [-0.2, -0.15) is 0 Å². The molecule has 4 heteroatoms. The average Bonchev–Trinajstić information content (AvgIpc) is 2.48. The zero-order chi connectivity index (χ0) is 13.6. The van der Waals surface area contributed by atoms with Crippen molar-refractivity contribution in [2.45, 2.75) is 51.9 Å². The molecule has 1 fully saturated rings. The highest BCUT2D eigenvalue weighted by Gasteiger charge is 2.51. The maximum absolute atomic E-state index is 9.48. The van der Waals surface area contributed by atoms with Crippen molar-refractivity contribution in [3.05, 3.63) is 29.8 Å². The summed E-state index contributed by atoms with van der Waals surface area (Å²) in [6.45, 7) is 9.91. The van der Waals surface area contributed by atoms with E-state index in [0.29, 0.717) is 0 Å². The van der Waals surface area contributed by atoms with Crippen LogP contribution in [0, 0.1) is 0 Å². The van der Waals surface area contributed by atoms with Crippen LogP contribution in [0.1, 0.15) is 46.3 Å². The van der Waals surface area contributed by atoms with Crippen molar-refractivity contribution in [1.82, 2.24) is 0 Å². The molecule has 1 saturated heterocycles. The fourth-order valence-corrected chi connectivity index (χ4v) is 1.91. The molecule has 3 nitrogen and oxygen atoms in total. The van der Waals surface area contributed by atoms with E-state index in [4.69, 9.17) is 9.31 Å². The molecule has 1 aromatic rings. The maximum atomic E-state index is 9.48. The van der Waals surface area contributed by atoms with E-state index >= 15 is 0 Å². The molecule has 0 aromatic heterocycles. The molecule has 0 saturated carbocycles. The average molecular weight is 248 g/mol. The van der Waals surface area contributed by atoms with Crippen molar-refractivity contribution >= 4 is 12.6 Å². The molecule has 2 rings (SSSR count). The van der Waals surface area contributed by atoms with Gasteiger partial charge in [0.2, 0.25) is 0 Å². The Hall–Kier alpha value is -0.835. The molecule has 0 radical (unpaired) electrons. The highest BCUT2D eigenvalue weighted by Crippen LogP contribution is 2.36. The van der Waals surface area contributed by atoms with Crippen LogP contribution >= 0.6 is 0 Å². The summed E-state index contributed by atoms with van der Waals surface area (Å²) in [6.07, 6.45) is -0.447. The number of aliphatic hydroxyl groups is 1. The van der Waals surface area contributed by atoms with Crippen LogP contribution in [0.4, 0.5) is 0 Å². The summed E-state index contributed by atoms with van der Waals surface area (Å²) < 4.78 is 11.9. The lowest BCUT2D eigenvalue weighted by atomic mass is 9.78. The number of benzene rings is 1. The molecule has 0 amide bonds. The van der Waals surface area contributed by atoms with Gasteiger partial charge in [-0.25, -0.2) is 0 Å². The first kappa shape index (κ1) is 13.6. The van der Waals surface area contributed by atoms with Crippen molar-refractivity contribution in [1.29, 1.82) is 0 Å². The van der Waals surface area contributed by atoms with Crippen LogP contribution in [-0.4, -0.2) is 23.4 Å². The Morgan fingerprint density at radius 3 is 1.83 bits per heavy atom. The molecule has 0 spiro atoms. The number of hydrogen-bond donors (Lipinski definition) is 1. The van der Waals surface area contributed by atoms with E-state index in [1.54, 1.807) is 6.92 Å². The monoisotopic (exact) mass is 248 g/mol. The van der Waals surface area contributed by atoms with Crippen LogP contribution in [0.25, 0.3) is 0 Å². The Kier molecular flexibility index (Phi) is 3.30. The third-order valence-corrected chi connectivity index (χ3v) is 3.94. The van der Waals surface area contributed by atoms with Gasteiger partial charge < -0.3 is 14.4 Å². The van der Waals surface area contributed by atoms with Gasteiger partial charge in [-0.3, -0.25) is 0 Å². The second-order valence-corrected chi connectivity index (χ2v) is 5.93. The summed E-state index contributed by atoms with van der Waals surface area (Å²) in [4.78, 5) is 0. The minimum absolute atomic E-state index is 0.319. The smallest absolute Gasteiger partial charge is 0.399 e. The van der Waals surface area contributed by atoms with Crippen LogP contribution in [0.3, 0.4) is 0 Å². The predicted molar refractivity (Wildman–Crippen MR) is 72.8 cm³/mol. The van der Waals surface area contributed by atoms with Gasteiger partial charge in [0.05, 0.1) is 17.3 Å². The minimum atomic E-state index is -0.447. The third-order valence-electron chi connectivity index (χ3n) is 3.94. The number of aliphatic hydroxyl groups excluding tert-OH is 1. The van der Waals surface area contributed by atoms with Gasteiger partial charge in [0, 0.05) is 0 Å². The topological polar surface area (TPSA) is 38.7 Å². The Bertz CT molecular complexity index is 407. The van der Waals surface area contributed by atoms with E-state index in [2.05, 4.69) is 0 Å². The van der Waals surface area contributed by atoms with E-state index in [9.17, 15) is 5.11 Å². The molecule has 1 aliphatic heterocycles. The summed E-state index contributed by atoms with van der Waals surface area (Å²) in [7, 11) is -0.335. The standard InChI is InChI=1S/C14H21BO3/c1-10(16)11-6-8-12(9-7-11)15-17-13(2,3)14(4,5)18-15/h6-10,16H,1-5H3/t10-/m1/s1. The van der Waals surface area contributed by atoms with Gasteiger partial charge in [-0.1, -0.05) is 24.3 Å². The lowest BCUT2D eigenvalue weighted by Crippen LogP contribution is -2.41. The maximum Gasteiger partial charge on any atom is 0.494 e. The van der Waals surface area contributed by atoms with Crippen LogP contribution in [-0.2, 0) is 9.31 Å². The first-order valence-electron chi connectivity index (χ1n) is 6.36. The van der Waals surface area contributed by atoms with E-state index in [1.807, 2.05) is 52.0 Å². The second kappa shape index (κ2) is 4.37. The van der Waals surface area contributed by atoms with Crippen molar-refractivity contribution in [3.63, 3.8) is 0 Å². The molecule has 1 aromatic carbocycles. The number of hydrogen-bond acceptors (Lipinski definition) is 3. The lowest BCUT2D eigenvalue weighted by molar-refractivity contribution is 0.00578. The highest BCUT2D eigenvalue weighted by atomic mass is 16.7. The Morgan fingerprint density at radius 2 is 1.44 bits per heavy atom. The second-order valence-electron chi connectivity index (χ2n) is 5.93. The molecular weight excluding hydrogens is 227 g/mol.